The third-order valence-electron chi connectivity index (χ3n) is 2.86. The molecule has 0 aliphatic carbocycles. The van der Waals surface area contributed by atoms with Gasteiger partial charge in [0.1, 0.15) is 17.1 Å². The molecule has 1 aliphatic rings. The standard InChI is InChI=1S/C12H15FN2O2/c1-8-7-15(6-5-14-8)12(17)11-9(13)3-2-4-10(11)16/h2-4,8,14,16H,5-7H2,1H3. The summed E-state index contributed by atoms with van der Waals surface area (Å²) < 4.78 is 13.5. The van der Waals surface area contributed by atoms with E-state index in [0.29, 0.717) is 19.6 Å². The van der Waals surface area contributed by atoms with Gasteiger partial charge >= 0.3 is 0 Å². The Labute approximate surface area is 99.0 Å². The first-order valence-electron chi connectivity index (χ1n) is 5.59. The van der Waals surface area contributed by atoms with Crippen molar-refractivity contribution in [3.05, 3.63) is 29.6 Å². The Balaban J connectivity index is 2.24. The first-order valence-corrected chi connectivity index (χ1v) is 5.59. The molecule has 1 fully saturated rings. The van der Waals surface area contributed by atoms with Crippen LogP contribution in [0.25, 0.3) is 0 Å². The summed E-state index contributed by atoms with van der Waals surface area (Å²) in [7, 11) is 0. The van der Waals surface area contributed by atoms with Gasteiger partial charge < -0.3 is 15.3 Å². The predicted molar refractivity (Wildman–Crippen MR) is 61.4 cm³/mol. The highest BCUT2D eigenvalue weighted by Gasteiger charge is 2.25. The second-order valence-corrected chi connectivity index (χ2v) is 4.24. The maximum Gasteiger partial charge on any atom is 0.260 e. The number of amides is 1. The van der Waals surface area contributed by atoms with E-state index < -0.39 is 11.7 Å². The highest BCUT2D eigenvalue weighted by atomic mass is 19.1. The summed E-state index contributed by atoms with van der Waals surface area (Å²) in [6.45, 7) is 3.69. The van der Waals surface area contributed by atoms with Crippen LogP contribution >= 0.6 is 0 Å². The first kappa shape index (κ1) is 11.9. The van der Waals surface area contributed by atoms with Crippen LogP contribution in [-0.4, -0.2) is 41.6 Å². The summed E-state index contributed by atoms with van der Waals surface area (Å²) in [6, 6.07) is 4.06. The Kier molecular flexibility index (Phi) is 3.28. The van der Waals surface area contributed by atoms with Gasteiger partial charge in [0.05, 0.1) is 0 Å². The normalized spacial score (nSPS) is 20.4. The highest BCUT2D eigenvalue weighted by Crippen LogP contribution is 2.22. The SMILES string of the molecule is CC1CN(C(=O)c2c(O)cccc2F)CCN1. The minimum absolute atomic E-state index is 0.182. The molecule has 0 spiro atoms. The topological polar surface area (TPSA) is 52.6 Å². The fourth-order valence-corrected chi connectivity index (χ4v) is 2.00. The zero-order valence-electron chi connectivity index (χ0n) is 9.61. The molecule has 1 aromatic rings. The van der Waals surface area contributed by atoms with Gasteiger partial charge in [0, 0.05) is 25.7 Å². The van der Waals surface area contributed by atoms with Gasteiger partial charge in [-0.05, 0) is 19.1 Å². The molecule has 0 bridgehead atoms. The van der Waals surface area contributed by atoms with Gasteiger partial charge in [-0.1, -0.05) is 6.07 Å². The maximum absolute atomic E-state index is 13.5. The lowest BCUT2D eigenvalue weighted by Crippen LogP contribution is -2.51. The summed E-state index contributed by atoms with van der Waals surface area (Å²) in [5, 5.41) is 12.8. The molecule has 4 nitrogen and oxygen atoms in total. The number of nitrogens with zero attached hydrogens (tertiary/aromatic N) is 1. The Morgan fingerprint density at radius 2 is 2.35 bits per heavy atom. The van der Waals surface area contributed by atoms with Crippen LogP contribution in [0.1, 0.15) is 17.3 Å². The molecule has 0 radical (unpaired) electrons. The maximum atomic E-state index is 13.5. The Bertz CT molecular complexity index is 416. The summed E-state index contributed by atoms with van der Waals surface area (Å²) in [5.74, 6) is -1.43. The van der Waals surface area contributed by atoms with Crippen LogP contribution in [0.4, 0.5) is 4.39 Å². The molecule has 1 saturated heterocycles. The lowest BCUT2D eigenvalue weighted by atomic mass is 10.1. The largest absolute Gasteiger partial charge is 0.507 e. The average Bonchev–Trinajstić information content (AvgIpc) is 2.28. The van der Waals surface area contributed by atoms with Crippen molar-refractivity contribution in [2.24, 2.45) is 0 Å². The fourth-order valence-electron chi connectivity index (χ4n) is 2.00. The number of phenols is 1. The van der Waals surface area contributed by atoms with Crippen molar-refractivity contribution in [2.75, 3.05) is 19.6 Å². The Morgan fingerprint density at radius 1 is 1.59 bits per heavy atom. The number of benzene rings is 1. The lowest BCUT2D eigenvalue weighted by Gasteiger charge is -2.32. The van der Waals surface area contributed by atoms with E-state index in [1.54, 1.807) is 4.90 Å². The number of nitrogens with one attached hydrogen (secondary N) is 1. The number of carbonyl (C=O) groups is 1. The minimum atomic E-state index is -0.679. The van der Waals surface area contributed by atoms with Crippen LogP contribution < -0.4 is 5.32 Å². The van der Waals surface area contributed by atoms with E-state index in [0.717, 1.165) is 0 Å². The molecule has 0 saturated carbocycles. The molecule has 0 aromatic heterocycles. The summed E-state index contributed by atoms with van der Waals surface area (Å²) in [4.78, 5) is 13.6. The number of carbonyl (C=O) groups excluding carboxylic acids is 1. The van der Waals surface area contributed by atoms with Crippen molar-refractivity contribution in [3.63, 3.8) is 0 Å². The van der Waals surface area contributed by atoms with Crippen molar-refractivity contribution in [1.29, 1.82) is 0 Å². The van der Waals surface area contributed by atoms with Crippen molar-refractivity contribution in [2.45, 2.75) is 13.0 Å². The van der Waals surface area contributed by atoms with E-state index in [-0.39, 0.29) is 17.4 Å². The molecule has 1 amide bonds. The lowest BCUT2D eigenvalue weighted by molar-refractivity contribution is 0.0701. The number of piperazine rings is 1. The smallest absolute Gasteiger partial charge is 0.260 e. The molecule has 1 atom stereocenters. The molecule has 17 heavy (non-hydrogen) atoms. The van der Waals surface area contributed by atoms with Crippen molar-refractivity contribution in [1.82, 2.24) is 10.2 Å². The number of halogens is 1. The molecule has 2 rings (SSSR count). The summed E-state index contributed by atoms with van der Waals surface area (Å²) in [6.07, 6.45) is 0. The van der Waals surface area contributed by atoms with Gasteiger partial charge in [-0.25, -0.2) is 4.39 Å². The number of hydrogen-bond acceptors (Lipinski definition) is 3. The first-order chi connectivity index (χ1) is 8.09. The summed E-state index contributed by atoms with van der Waals surface area (Å²) in [5.41, 5.74) is -0.235. The minimum Gasteiger partial charge on any atom is -0.507 e. The number of aromatic hydroxyl groups is 1. The average molecular weight is 238 g/mol. The van der Waals surface area contributed by atoms with E-state index in [9.17, 15) is 14.3 Å². The van der Waals surface area contributed by atoms with Crippen LogP contribution in [0.2, 0.25) is 0 Å². The Morgan fingerprint density at radius 3 is 3.00 bits per heavy atom. The molecule has 1 heterocycles. The van der Waals surface area contributed by atoms with Crippen LogP contribution in [0.15, 0.2) is 18.2 Å². The van der Waals surface area contributed by atoms with E-state index >= 15 is 0 Å². The van der Waals surface area contributed by atoms with Gasteiger partial charge in [0.2, 0.25) is 0 Å². The van der Waals surface area contributed by atoms with Crippen LogP contribution in [0.3, 0.4) is 0 Å². The molecule has 1 aliphatic heterocycles. The van der Waals surface area contributed by atoms with Crippen molar-refractivity contribution < 1.29 is 14.3 Å². The van der Waals surface area contributed by atoms with Gasteiger partial charge in [-0.2, -0.15) is 0 Å². The molecule has 1 unspecified atom stereocenters. The fraction of sp³-hybridized carbons (Fsp3) is 0.417. The number of hydrogen-bond donors (Lipinski definition) is 2. The van der Waals surface area contributed by atoms with Crippen molar-refractivity contribution >= 4 is 5.91 Å². The van der Waals surface area contributed by atoms with Crippen molar-refractivity contribution in [3.8, 4) is 5.75 Å². The molecule has 1 aromatic carbocycles. The van der Waals surface area contributed by atoms with Crippen LogP contribution in [0.5, 0.6) is 5.75 Å². The van der Waals surface area contributed by atoms with Crippen LogP contribution in [-0.2, 0) is 0 Å². The van der Waals surface area contributed by atoms with E-state index in [1.807, 2.05) is 6.92 Å². The number of phenolic OH excluding ortho intramolecular Hbond substituents is 1. The number of rotatable bonds is 1. The highest BCUT2D eigenvalue weighted by molar-refractivity contribution is 5.97. The zero-order valence-corrected chi connectivity index (χ0v) is 9.61. The molecule has 92 valence electrons. The summed E-state index contributed by atoms with van der Waals surface area (Å²) >= 11 is 0. The monoisotopic (exact) mass is 238 g/mol. The third-order valence-corrected chi connectivity index (χ3v) is 2.86. The zero-order chi connectivity index (χ0) is 12.4. The predicted octanol–water partition coefficient (Wildman–Crippen LogP) is 0.965. The van der Waals surface area contributed by atoms with Gasteiger partial charge in [0.15, 0.2) is 0 Å². The molecular formula is C12H15FN2O2. The van der Waals surface area contributed by atoms with Crippen LogP contribution in [0, 0.1) is 5.82 Å². The third kappa shape index (κ3) is 2.39. The van der Waals surface area contributed by atoms with E-state index in [1.165, 1.54) is 18.2 Å². The second kappa shape index (κ2) is 4.71. The van der Waals surface area contributed by atoms with Gasteiger partial charge in [-0.15, -0.1) is 0 Å². The Hall–Kier alpha value is -1.62. The van der Waals surface area contributed by atoms with Gasteiger partial charge in [-0.3, -0.25) is 4.79 Å². The second-order valence-electron chi connectivity index (χ2n) is 4.24. The molecular weight excluding hydrogens is 223 g/mol. The molecule has 2 N–H and O–H groups in total. The quantitative estimate of drug-likeness (QED) is 0.766. The van der Waals surface area contributed by atoms with E-state index in [4.69, 9.17) is 0 Å². The van der Waals surface area contributed by atoms with Gasteiger partial charge in [0.25, 0.3) is 5.91 Å². The molecule has 5 heteroatoms. The van der Waals surface area contributed by atoms with E-state index in [2.05, 4.69) is 5.32 Å².